The fourth-order valence-electron chi connectivity index (χ4n) is 2.42. The maximum absolute atomic E-state index is 12.0. The second-order valence-electron chi connectivity index (χ2n) is 5.10. The lowest BCUT2D eigenvalue weighted by Gasteiger charge is -2.12. The Hall–Kier alpha value is -2.40. The third kappa shape index (κ3) is 2.60. The summed E-state index contributed by atoms with van der Waals surface area (Å²) in [4.78, 5) is 16.2. The zero-order valence-electron chi connectivity index (χ0n) is 11.9. The Kier molecular flexibility index (Phi) is 3.35. The minimum atomic E-state index is -0.890. The van der Waals surface area contributed by atoms with Crippen LogP contribution in [0.1, 0.15) is 23.4 Å². The van der Waals surface area contributed by atoms with Gasteiger partial charge in [-0.3, -0.25) is 9.36 Å². The molecule has 0 aliphatic heterocycles. The molecule has 0 saturated heterocycles. The van der Waals surface area contributed by atoms with Crippen molar-refractivity contribution in [3.63, 3.8) is 0 Å². The molecule has 108 valence electrons. The summed E-state index contributed by atoms with van der Waals surface area (Å²) < 4.78 is 7.07. The first-order chi connectivity index (χ1) is 10.0. The number of rotatable bonds is 3. The number of aryl methyl sites for hydroxylation is 2. The summed E-state index contributed by atoms with van der Waals surface area (Å²) in [6, 6.07) is 10.8. The average molecular weight is 284 g/mol. The maximum Gasteiger partial charge on any atom is 0.253 e. The number of aromatic nitrogens is 2. The molecule has 3 rings (SSSR count). The van der Waals surface area contributed by atoms with Crippen LogP contribution < -0.4 is 5.56 Å². The lowest BCUT2D eigenvalue weighted by Crippen LogP contribution is -2.26. The second-order valence-corrected chi connectivity index (χ2v) is 5.10. The van der Waals surface area contributed by atoms with Gasteiger partial charge in [-0.2, -0.15) is 0 Å². The minimum Gasteiger partial charge on any atom is -0.458 e. The van der Waals surface area contributed by atoms with E-state index in [0.29, 0.717) is 17.3 Å². The van der Waals surface area contributed by atoms with Crippen LogP contribution in [0.3, 0.4) is 0 Å². The van der Waals surface area contributed by atoms with Gasteiger partial charge in [0.2, 0.25) is 0 Å². The standard InChI is InChI=1S/C16H16N2O3/c1-10-7-16(20)18(11(2)17-10)9-13(19)15-8-12-5-3-4-6-14(12)21-15/h3-8,13,19H,9H2,1-2H3. The van der Waals surface area contributed by atoms with Crippen LogP contribution in [0.15, 0.2) is 45.6 Å². The number of fused-ring (bicyclic) bond motifs is 1. The summed E-state index contributed by atoms with van der Waals surface area (Å²) in [6.45, 7) is 3.64. The van der Waals surface area contributed by atoms with Crippen LogP contribution in [0.5, 0.6) is 0 Å². The zero-order valence-corrected chi connectivity index (χ0v) is 11.9. The number of aliphatic hydroxyl groups excluding tert-OH is 1. The first-order valence-corrected chi connectivity index (χ1v) is 6.76. The van der Waals surface area contributed by atoms with Gasteiger partial charge in [-0.15, -0.1) is 0 Å². The van der Waals surface area contributed by atoms with Crippen molar-refractivity contribution in [1.29, 1.82) is 0 Å². The van der Waals surface area contributed by atoms with Crippen LogP contribution in [0.4, 0.5) is 0 Å². The van der Waals surface area contributed by atoms with Crippen LogP contribution in [0.2, 0.25) is 0 Å². The first kappa shape index (κ1) is 13.6. The summed E-state index contributed by atoms with van der Waals surface area (Å²) in [5.41, 5.74) is 1.22. The Bertz CT molecular complexity index is 815. The van der Waals surface area contributed by atoms with Gasteiger partial charge in [0.1, 0.15) is 23.3 Å². The summed E-state index contributed by atoms with van der Waals surface area (Å²) in [6.07, 6.45) is -0.890. The molecule has 0 aliphatic rings. The van der Waals surface area contributed by atoms with Crippen LogP contribution in [0.25, 0.3) is 11.0 Å². The predicted molar refractivity (Wildman–Crippen MR) is 79.1 cm³/mol. The predicted octanol–water partition coefficient (Wildman–Crippen LogP) is 2.34. The number of nitrogens with zero attached hydrogens (tertiary/aromatic N) is 2. The van der Waals surface area contributed by atoms with E-state index in [1.165, 1.54) is 10.6 Å². The molecule has 0 amide bonds. The zero-order chi connectivity index (χ0) is 15.0. The van der Waals surface area contributed by atoms with E-state index >= 15 is 0 Å². The van der Waals surface area contributed by atoms with Crippen LogP contribution >= 0.6 is 0 Å². The normalized spacial score (nSPS) is 12.7. The van der Waals surface area contributed by atoms with Gasteiger partial charge in [-0.05, 0) is 26.0 Å². The summed E-state index contributed by atoms with van der Waals surface area (Å²) >= 11 is 0. The van der Waals surface area contributed by atoms with Gasteiger partial charge in [0.15, 0.2) is 0 Å². The lowest BCUT2D eigenvalue weighted by atomic mass is 10.2. The van der Waals surface area contributed by atoms with E-state index in [1.54, 1.807) is 19.9 Å². The fraction of sp³-hybridized carbons (Fsp3) is 0.250. The molecule has 1 unspecified atom stereocenters. The molecule has 1 aromatic carbocycles. The number of aliphatic hydroxyl groups is 1. The second kappa shape index (κ2) is 5.18. The van der Waals surface area contributed by atoms with Crippen molar-refractivity contribution in [3.8, 4) is 0 Å². The molecule has 0 aliphatic carbocycles. The molecule has 1 atom stereocenters. The lowest BCUT2D eigenvalue weighted by molar-refractivity contribution is 0.130. The van der Waals surface area contributed by atoms with Gasteiger partial charge < -0.3 is 9.52 Å². The molecule has 5 heteroatoms. The quantitative estimate of drug-likeness (QED) is 0.801. The average Bonchev–Trinajstić information content (AvgIpc) is 2.86. The van der Waals surface area contributed by atoms with Gasteiger partial charge in [0.05, 0.1) is 6.54 Å². The number of para-hydroxylation sites is 1. The van der Waals surface area contributed by atoms with E-state index in [2.05, 4.69) is 4.98 Å². The largest absolute Gasteiger partial charge is 0.458 e. The molecule has 5 nitrogen and oxygen atoms in total. The van der Waals surface area contributed by atoms with Crippen molar-refractivity contribution in [2.45, 2.75) is 26.5 Å². The highest BCUT2D eigenvalue weighted by molar-refractivity contribution is 5.77. The third-order valence-corrected chi connectivity index (χ3v) is 3.46. The molecule has 0 saturated carbocycles. The van der Waals surface area contributed by atoms with Crippen molar-refractivity contribution in [3.05, 3.63) is 64.0 Å². The number of furan rings is 1. The number of hydrogen-bond acceptors (Lipinski definition) is 4. The van der Waals surface area contributed by atoms with Gasteiger partial charge in [0, 0.05) is 17.1 Å². The van der Waals surface area contributed by atoms with E-state index in [0.717, 1.165) is 11.0 Å². The molecular formula is C16H16N2O3. The molecule has 0 bridgehead atoms. The molecule has 1 N–H and O–H groups in total. The Morgan fingerprint density at radius 3 is 2.76 bits per heavy atom. The monoisotopic (exact) mass is 284 g/mol. The highest BCUT2D eigenvalue weighted by Crippen LogP contribution is 2.24. The van der Waals surface area contributed by atoms with Crippen molar-refractivity contribution < 1.29 is 9.52 Å². The van der Waals surface area contributed by atoms with Crippen LogP contribution in [0, 0.1) is 13.8 Å². The molecule has 0 spiro atoms. The van der Waals surface area contributed by atoms with E-state index < -0.39 is 6.10 Å². The molecule has 0 radical (unpaired) electrons. The summed E-state index contributed by atoms with van der Waals surface area (Å²) in [5, 5.41) is 11.2. The number of hydrogen-bond donors (Lipinski definition) is 1. The van der Waals surface area contributed by atoms with Gasteiger partial charge in [-0.1, -0.05) is 18.2 Å². The Morgan fingerprint density at radius 1 is 1.29 bits per heavy atom. The molecule has 3 aromatic rings. The Balaban J connectivity index is 1.93. The smallest absolute Gasteiger partial charge is 0.253 e. The van der Waals surface area contributed by atoms with E-state index in [1.807, 2.05) is 24.3 Å². The number of benzene rings is 1. The van der Waals surface area contributed by atoms with Crippen LogP contribution in [-0.4, -0.2) is 14.7 Å². The van der Waals surface area contributed by atoms with Crippen molar-refractivity contribution in [2.75, 3.05) is 0 Å². The molecule has 2 aromatic heterocycles. The Morgan fingerprint density at radius 2 is 2.05 bits per heavy atom. The van der Waals surface area contributed by atoms with Gasteiger partial charge in [-0.25, -0.2) is 4.98 Å². The van der Waals surface area contributed by atoms with Gasteiger partial charge >= 0.3 is 0 Å². The highest BCUT2D eigenvalue weighted by atomic mass is 16.4. The molecule has 0 fully saturated rings. The fourth-order valence-corrected chi connectivity index (χ4v) is 2.42. The summed E-state index contributed by atoms with van der Waals surface area (Å²) in [5.74, 6) is 1.03. The van der Waals surface area contributed by atoms with Gasteiger partial charge in [0.25, 0.3) is 5.56 Å². The Labute approximate surface area is 121 Å². The third-order valence-electron chi connectivity index (χ3n) is 3.46. The molecule has 2 heterocycles. The molecular weight excluding hydrogens is 268 g/mol. The SMILES string of the molecule is Cc1cc(=O)n(CC(O)c2cc3ccccc3o2)c(C)n1. The summed E-state index contributed by atoms with van der Waals surface area (Å²) in [7, 11) is 0. The minimum absolute atomic E-state index is 0.123. The van der Waals surface area contributed by atoms with E-state index in [4.69, 9.17) is 4.42 Å². The van der Waals surface area contributed by atoms with Crippen molar-refractivity contribution in [2.24, 2.45) is 0 Å². The van der Waals surface area contributed by atoms with Crippen molar-refractivity contribution in [1.82, 2.24) is 9.55 Å². The first-order valence-electron chi connectivity index (χ1n) is 6.76. The topological polar surface area (TPSA) is 68.3 Å². The highest BCUT2D eigenvalue weighted by Gasteiger charge is 2.16. The van der Waals surface area contributed by atoms with E-state index in [-0.39, 0.29) is 12.1 Å². The van der Waals surface area contributed by atoms with Crippen LogP contribution in [-0.2, 0) is 6.54 Å². The molecule has 21 heavy (non-hydrogen) atoms. The maximum atomic E-state index is 12.0. The van der Waals surface area contributed by atoms with E-state index in [9.17, 15) is 9.90 Å². The van der Waals surface area contributed by atoms with Crippen molar-refractivity contribution >= 4 is 11.0 Å².